The van der Waals surface area contributed by atoms with E-state index in [1.165, 1.54) is 0 Å². The van der Waals surface area contributed by atoms with Crippen molar-refractivity contribution in [2.24, 2.45) is 0 Å². The van der Waals surface area contributed by atoms with Crippen molar-refractivity contribution in [1.82, 2.24) is 15.1 Å². The molecule has 5 heteroatoms. The largest absolute Gasteiger partial charge is 0.373 e. The standard InChI is InChI=1S/C13H25N3O2/c1-11(12(17)15-6-4-14-5-7-15)16-8-9-18-13(2,3)10-16/h11,14H,4-10H2,1-3H3. The number of carbonyl (C=O) groups is 1. The minimum atomic E-state index is -0.143. The summed E-state index contributed by atoms with van der Waals surface area (Å²) in [6, 6.07) is -0.0359. The fourth-order valence-corrected chi connectivity index (χ4v) is 2.69. The van der Waals surface area contributed by atoms with Crippen LogP contribution in [0.5, 0.6) is 0 Å². The van der Waals surface area contributed by atoms with E-state index in [2.05, 4.69) is 24.1 Å². The van der Waals surface area contributed by atoms with Crippen molar-refractivity contribution in [2.75, 3.05) is 45.9 Å². The lowest BCUT2D eigenvalue weighted by molar-refractivity contribution is -0.144. The zero-order valence-corrected chi connectivity index (χ0v) is 11.7. The van der Waals surface area contributed by atoms with Crippen LogP contribution in [0.4, 0.5) is 0 Å². The molecule has 0 radical (unpaired) electrons. The Bertz CT molecular complexity index is 301. The molecule has 0 saturated carbocycles. The summed E-state index contributed by atoms with van der Waals surface area (Å²) in [6.45, 7) is 12.1. The SMILES string of the molecule is CC(C(=O)N1CCNCC1)N1CCOC(C)(C)C1. The van der Waals surface area contributed by atoms with Gasteiger partial charge < -0.3 is 15.0 Å². The van der Waals surface area contributed by atoms with E-state index in [0.717, 1.165) is 39.3 Å². The second kappa shape index (κ2) is 5.55. The maximum absolute atomic E-state index is 12.4. The fraction of sp³-hybridized carbons (Fsp3) is 0.923. The second-order valence-corrected chi connectivity index (χ2v) is 5.83. The van der Waals surface area contributed by atoms with Gasteiger partial charge in [-0.25, -0.2) is 0 Å². The third kappa shape index (κ3) is 3.22. The number of nitrogens with one attached hydrogen (secondary N) is 1. The van der Waals surface area contributed by atoms with Crippen LogP contribution in [-0.4, -0.2) is 73.2 Å². The van der Waals surface area contributed by atoms with Crippen LogP contribution in [0, 0.1) is 0 Å². The average molecular weight is 255 g/mol. The van der Waals surface area contributed by atoms with Gasteiger partial charge in [-0.1, -0.05) is 0 Å². The van der Waals surface area contributed by atoms with Gasteiger partial charge in [0.2, 0.25) is 5.91 Å². The van der Waals surface area contributed by atoms with Gasteiger partial charge in [0.15, 0.2) is 0 Å². The van der Waals surface area contributed by atoms with Crippen LogP contribution in [0.25, 0.3) is 0 Å². The molecule has 2 heterocycles. The Morgan fingerprint density at radius 1 is 1.28 bits per heavy atom. The van der Waals surface area contributed by atoms with Crippen molar-refractivity contribution in [1.29, 1.82) is 0 Å². The number of carbonyl (C=O) groups excluding carboxylic acids is 1. The molecular weight excluding hydrogens is 230 g/mol. The molecule has 1 amide bonds. The van der Waals surface area contributed by atoms with Crippen molar-refractivity contribution in [3.8, 4) is 0 Å². The van der Waals surface area contributed by atoms with Crippen LogP contribution in [0.1, 0.15) is 20.8 Å². The smallest absolute Gasteiger partial charge is 0.239 e. The number of nitrogens with zero attached hydrogens (tertiary/aromatic N) is 2. The molecule has 0 aromatic heterocycles. The van der Waals surface area contributed by atoms with Gasteiger partial charge >= 0.3 is 0 Å². The molecule has 18 heavy (non-hydrogen) atoms. The maximum Gasteiger partial charge on any atom is 0.239 e. The molecule has 0 aromatic carbocycles. The summed E-state index contributed by atoms with van der Waals surface area (Å²) in [6.07, 6.45) is 0. The quantitative estimate of drug-likeness (QED) is 0.749. The first-order valence-electron chi connectivity index (χ1n) is 6.87. The third-order valence-corrected chi connectivity index (χ3v) is 3.79. The molecule has 0 spiro atoms. The highest BCUT2D eigenvalue weighted by Crippen LogP contribution is 2.19. The summed E-state index contributed by atoms with van der Waals surface area (Å²) in [4.78, 5) is 16.6. The zero-order valence-electron chi connectivity index (χ0n) is 11.7. The van der Waals surface area contributed by atoms with E-state index in [1.807, 2.05) is 11.8 Å². The van der Waals surface area contributed by atoms with E-state index in [0.29, 0.717) is 6.61 Å². The van der Waals surface area contributed by atoms with Gasteiger partial charge in [0.1, 0.15) is 0 Å². The molecule has 2 rings (SSSR count). The molecule has 1 atom stereocenters. The highest BCUT2D eigenvalue weighted by atomic mass is 16.5. The van der Waals surface area contributed by atoms with Crippen LogP contribution in [-0.2, 0) is 9.53 Å². The third-order valence-electron chi connectivity index (χ3n) is 3.79. The summed E-state index contributed by atoms with van der Waals surface area (Å²) < 4.78 is 5.69. The topological polar surface area (TPSA) is 44.8 Å². The van der Waals surface area contributed by atoms with E-state index in [4.69, 9.17) is 4.74 Å². The Labute approximate surface area is 109 Å². The Kier molecular flexibility index (Phi) is 4.25. The Morgan fingerprint density at radius 3 is 2.56 bits per heavy atom. The Hall–Kier alpha value is -0.650. The van der Waals surface area contributed by atoms with Crippen LogP contribution < -0.4 is 5.32 Å². The lowest BCUT2D eigenvalue weighted by Crippen LogP contribution is -2.58. The van der Waals surface area contributed by atoms with E-state index in [1.54, 1.807) is 0 Å². The molecule has 2 fully saturated rings. The molecule has 2 aliphatic heterocycles. The van der Waals surface area contributed by atoms with Crippen molar-refractivity contribution < 1.29 is 9.53 Å². The Morgan fingerprint density at radius 2 is 1.94 bits per heavy atom. The number of ether oxygens (including phenoxy) is 1. The Balaban J connectivity index is 1.93. The molecule has 5 nitrogen and oxygen atoms in total. The first-order valence-corrected chi connectivity index (χ1v) is 6.87. The molecule has 2 aliphatic rings. The molecule has 1 N–H and O–H groups in total. The molecular formula is C13H25N3O2. The van der Waals surface area contributed by atoms with E-state index in [9.17, 15) is 4.79 Å². The first-order chi connectivity index (χ1) is 8.49. The van der Waals surface area contributed by atoms with Crippen molar-refractivity contribution >= 4 is 5.91 Å². The summed E-state index contributed by atoms with van der Waals surface area (Å²) in [7, 11) is 0. The number of piperazine rings is 1. The van der Waals surface area contributed by atoms with Crippen LogP contribution in [0.2, 0.25) is 0 Å². The average Bonchev–Trinajstić information content (AvgIpc) is 2.37. The molecule has 1 unspecified atom stereocenters. The normalized spacial score (nSPS) is 26.9. The minimum absolute atomic E-state index is 0.0359. The highest BCUT2D eigenvalue weighted by molar-refractivity contribution is 5.81. The lowest BCUT2D eigenvalue weighted by atomic mass is 10.1. The number of hydrogen-bond donors (Lipinski definition) is 1. The lowest BCUT2D eigenvalue weighted by Gasteiger charge is -2.42. The number of amides is 1. The van der Waals surface area contributed by atoms with Crippen LogP contribution >= 0.6 is 0 Å². The van der Waals surface area contributed by atoms with Gasteiger partial charge in [-0.05, 0) is 20.8 Å². The molecule has 0 bridgehead atoms. The summed E-state index contributed by atoms with van der Waals surface area (Å²) in [5, 5.41) is 3.27. The minimum Gasteiger partial charge on any atom is -0.373 e. The van der Waals surface area contributed by atoms with Crippen LogP contribution in [0.15, 0.2) is 0 Å². The van der Waals surface area contributed by atoms with Gasteiger partial charge in [0.25, 0.3) is 0 Å². The van der Waals surface area contributed by atoms with Gasteiger partial charge in [0, 0.05) is 39.3 Å². The predicted octanol–water partition coefficient (Wildman–Crippen LogP) is -0.0825. The molecule has 0 aliphatic carbocycles. The van der Waals surface area contributed by atoms with Crippen molar-refractivity contribution in [3.63, 3.8) is 0 Å². The van der Waals surface area contributed by atoms with Crippen molar-refractivity contribution in [2.45, 2.75) is 32.4 Å². The molecule has 104 valence electrons. The van der Waals surface area contributed by atoms with E-state index >= 15 is 0 Å². The maximum atomic E-state index is 12.4. The van der Waals surface area contributed by atoms with E-state index < -0.39 is 0 Å². The van der Waals surface area contributed by atoms with Gasteiger partial charge in [-0.15, -0.1) is 0 Å². The monoisotopic (exact) mass is 255 g/mol. The fourth-order valence-electron chi connectivity index (χ4n) is 2.69. The first kappa shape index (κ1) is 13.8. The summed E-state index contributed by atoms with van der Waals surface area (Å²) in [5.74, 6) is 0.259. The summed E-state index contributed by atoms with van der Waals surface area (Å²) >= 11 is 0. The van der Waals surface area contributed by atoms with Gasteiger partial charge in [-0.3, -0.25) is 9.69 Å². The predicted molar refractivity (Wildman–Crippen MR) is 70.5 cm³/mol. The second-order valence-electron chi connectivity index (χ2n) is 5.83. The molecule has 0 aromatic rings. The van der Waals surface area contributed by atoms with Crippen molar-refractivity contribution in [3.05, 3.63) is 0 Å². The number of rotatable bonds is 2. The van der Waals surface area contributed by atoms with E-state index in [-0.39, 0.29) is 17.6 Å². The van der Waals surface area contributed by atoms with Gasteiger partial charge in [0.05, 0.1) is 18.2 Å². The summed E-state index contributed by atoms with van der Waals surface area (Å²) in [5.41, 5.74) is -0.143. The number of hydrogen-bond acceptors (Lipinski definition) is 4. The zero-order chi connectivity index (χ0) is 13.2. The van der Waals surface area contributed by atoms with Gasteiger partial charge in [-0.2, -0.15) is 0 Å². The number of morpholine rings is 1. The molecule has 2 saturated heterocycles. The van der Waals surface area contributed by atoms with Crippen LogP contribution in [0.3, 0.4) is 0 Å². The highest BCUT2D eigenvalue weighted by Gasteiger charge is 2.34.